The molecule has 6 nitrogen and oxygen atoms in total. The molecule has 0 bridgehead atoms. The molecule has 0 spiro atoms. The zero-order chi connectivity index (χ0) is 20.3. The van der Waals surface area contributed by atoms with Gasteiger partial charge in [-0.25, -0.2) is 14.4 Å². The average molecular weight is 427 g/mol. The number of carbonyl (C=O) groups is 1. The van der Waals surface area contributed by atoms with Crippen molar-refractivity contribution in [2.75, 3.05) is 37.0 Å². The predicted octanol–water partition coefficient (Wildman–Crippen LogP) is 3.98. The number of hydrogen-bond donors (Lipinski definition) is 0. The van der Waals surface area contributed by atoms with Gasteiger partial charge in [0.1, 0.15) is 23.7 Å². The zero-order valence-corrected chi connectivity index (χ0v) is 17.2. The maximum absolute atomic E-state index is 13.2. The van der Waals surface area contributed by atoms with E-state index in [2.05, 4.69) is 14.9 Å². The third-order valence-corrected chi connectivity index (χ3v) is 5.50. The van der Waals surface area contributed by atoms with Crippen molar-refractivity contribution in [1.29, 1.82) is 0 Å². The van der Waals surface area contributed by atoms with Gasteiger partial charge in [-0.05, 0) is 32.0 Å². The molecule has 0 aliphatic carbocycles. The SMILES string of the molecule is CC(C)(CCl)C(=O)N1CCN(c2cc(Oc3ccc(F)cc3Cl)ncn2)CC1. The van der Waals surface area contributed by atoms with Crippen LogP contribution in [0.15, 0.2) is 30.6 Å². The molecule has 1 aliphatic rings. The molecule has 3 rings (SSSR count). The van der Waals surface area contributed by atoms with E-state index in [1.165, 1.54) is 24.5 Å². The molecule has 0 N–H and O–H groups in total. The number of aromatic nitrogens is 2. The van der Waals surface area contributed by atoms with Crippen molar-refractivity contribution in [3.63, 3.8) is 0 Å². The van der Waals surface area contributed by atoms with Gasteiger partial charge in [-0.15, -0.1) is 11.6 Å². The standard InChI is InChI=1S/C19H21Cl2FN4O2/c1-19(2,11-20)18(27)26-7-5-25(6-8-26)16-10-17(24-12-23-16)28-15-4-3-13(22)9-14(15)21/h3-4,9-10,12H,5-8,11H2,1-2H3. The summed E-state index contributed by atoms with van der Waals surface area (Å²) in [6.45, 7) is 6.15. The molecule has 1 saturated heterocycles. The third-order valence-electron chi connectivity index (χ3n) is 4.54. The minimum atomic E-state index is -0.575. The lowest BCUT2D eigenvalue weighted by Gasteiger charge is -2.38. The van der Waals surface area contributed by atoms with Crippen molar-refractivity contribution in [1.82, 2.24) is 14.9 Å². The molecule has 1 fully saturated rings. The zero-order valence-electron chi connectivity index (χ0n) is 15.7. The Hall–Kier alpha value is -2.12. The van der Waals surface area contributed by atoms with E-state index in [0.29, 0.717) is 43.6 Å². The van der Waals surface area contributed by atoms with Gasteiger partial charge in [0, 0.05) is 38.1 Å². The van der Waals surface area contributed by atoms with Crippen molar-refractivity contribution in [2.45, 2.75) is 13.8 Å². The van der Waals surface area contributed by atoms with Crippen LogP contribution in [0.4, 0.5) is 10.2 Å². The van der Waals surface area contributed by atoms with Gasteiger partial charge in [0.15, 0.2) is 0 Å². The molecule has 1 aliphatic heterocycles. The van der Waals surface area contributed by atoms with E-state index in [1.807, 2.05) is 18.7 Å². The summed E-state index contributed by atoms with van der Waals surface area (Å²) in [5, 5.41) is 0.161. The quantitative estimate of drug-likeness (QED) is 0.676. The Bertz CT molecular complexity index is 858. The van der Waals surface area contributed by atoms with E-state index < -0.39 is 11.2 Å². The molecular formula is C19H21Cl2FN4O2. The molecule has 0 unspecified atom stereocenters. The molecule has 0 saturated carbocycles. The molecule has 28 heavy (non-hydrogen) atoms. The number of amides is 1. The molecule has 0 atom stereocenters. The van der Waals surface area contributed by atoms with Crippen molar-refractivity contribution in [3.8, 4) is 11.6 Å². The molecule has 1 amide bonds. The van der Waals surface area contributed by atoms with Crippen molar-refractivity contribution in [2.24, 2.45) is 5.41 Å². The summed E-state index contributed by atoms with van der Waals surface area (Å²) < 4.78 is 18.8. The summed E-state index contributed by atoms with van der Waals surface area (Å²) in [6.07, 6.45) is 1.40. The summed E-state index contributed by atoms with van der Waals surface area (Å²) in [6, 6.07) is 5.59. The van der Waals surface area contributed by atoms with Gasteiger partial charge in [-0.2, -0.15) is 0 Å². The minimum absolute atomic E-state index is 0.0554. The number of nitrogens with zero attached hydrogens (tertiary/aromatic N) is 4. The van der Waals surface area contributed by atoms with E-state index >= 15 is 0 Å². The molecule has 2 aromatic rings. The van der Waals surface area contributed by atoms with Crippen LogP contribution < -0.4 is 9.64 Å². The van der Waals surface area contributed by atoms with Gasteiger partial charge >= 0.3 is 0 Å². The normalized spacial score (nSPS) is 14.9. The van der Waals surface area contributed by atoms with Crippen LogP contribution in [0.1, 0.15) is 13.8 Å². The van der Waals surface area contributed by atoms with E-state index in [9.17, 15) is 9.18 Å². The number of rotatable bonds is 5. The first-order valence-corrected chi connectivity index (χ1v) is 9.76. The highest BCUT2D eigenvalue weighted by atomic mass is 35.5. The summed E-state index contributed by atoms with van der Waals surface area (Å²) in [5.41, 5.74) is -0.575. The summed E-state index contributed by atoms with van der Waals surface area (Å²) in [4.78, 5) is 24.8. The Labute approximate surface area is 173 Å². The number of hydrogen-bond acceptors (Lipinski definition) is 5. The molecular weight excluding hydrogens is 406 g/mol. The second-order valence-electron chi connectivity index (χ2n) is 7.19. The molecule has 1 aromatic carbocycles. The molecule has 150 valence electrons. The van der Waals surface area contributed by atoms with Crippen LogP contribution in [0.3, 0.4) is 0 Å². The number of piperazine rings is 1. The Morgan fingerprint density at radius 3 is 2.57 bits per heavy atom. The largest absolute Gasteiger partial charge is 0.437 e. The van der Waals surface area contributed by atoms with Gasteiger partial charge in [0.2, 0.25) is 11.8 Å². The van der Waals surface area contributed by atoms with Gasteiger partial charge in [0.05, 0.1) is 10.4 Å². The Kier molecular flexibility index (Phi) is 6.25. The van der Waals surface area contributed by atoms with Gasteiger partial charge in [-0.1, -0.05) is 11.6 Å². The monoisotopic (exact) mass is 426 g/mol. The highest BCUT2D eigenvalue weighted by molar-refractivity contribution is 6.32. The fourth-order valence-electron chi connectivity index (χ4n) is 2.85. The summed E-state index contributed by atoms with van der Waals surface area (Å²) in [7, 11) is 0. The van der Waals surface area contributed by atoms with Gasteiger partial charge in [0.25, 0.3) is 0 Å². The maximum atomic E-state index is 13.2. The van der Waals surface area contributed by atoms with Crippen LogP contribution >= 0.6 is 23.2 Å². The molecule has 2 heterocycles. The minimum Gasteiger partial charge on any atom is -0.437 e. The van der Waals surface area contributed by atoms with E-state index in [1.54, 1.807) is 6.07 Å². The molecule has 1 aromatic heterocycles. The van der Waals surface area contributed by atoms with Gasteiger partial charge < -0.3 is 14.5 Å². The Morgan fingerprint density at radius 1 is 1.21 bits per heavy atom. The lowest BCUT2D eigenvalue weighted by Crippen LogP contribution is -2.52. The van der Waals surface area contributed by atoms with Crippen LogP contribution in [0.2, 0.25) is 5.02 Å². The fourth-order valence-corrected chi connectivity index (χ4v) is 3.17. The Morgan fingerprint density at radius 2 is 1.93 bits per heavy atom. The Balaban J connectivity index is 1.66. The van der Waals surface area contributed by atoms with Crippen LogP contribution in [0, 0.1) is 11.2 Å². The topological polar surface area (TPSA) is 58.6 Å². The van der Waals surface area contributed by atoms with E-state index in [4.69, 9.17) is 27.9 Å². The number of halogens is 3. The smallest absolute Gasteiger partial charge is 0.229 e. The molecule has 0 radical (unpaired) electrons. The highest BCUT2D eigenvalue weighted by Crippen LogP contribution is 2.30. The predicted molar refractivity (Wildman–Crippen MR) is 107 cm³/mol. The lowest BCUT2D eigenvalue weighted by molar-refractivity contribution is -0.139. The second-order valence-corrected chi connectivity index (χ2v) is 7.86. The van der Waals surface area contributed by atoms with Crippen LogP contribution in [0.25, 0.3) is 0 Å². The first-order valence-electron chi connectivity index (χ1n) is 8.85. The van der Waals surface area contributed by atoms with Gasteiger partial charge in [-0.3, -0.25) is 4.79 Å². The first-order chi connectivity index (χ1) is 13.3. The van der Waals surface area contributed by atoms with Crippen LogP contribution in [-0.4, -0.2) is 52.8 Å². The summed E-state index contributed by atoms with van der Waals surface area (Å²) >= 11 is 11.9. The number of alkyl halides is 1. The van der Waals surface area contributed by atoms with Crippen molar-refractivity contribution in [3.05, 3.63) is 41.4 Å². The third kappa shape index (κ3) is 4.64. The van der Waals surface area contributed by atoms with E-state index in [-0.39, 0.29) is 16.8 Å². The number of anilines is 1. The number of ether oxygens (including phenoxy) is 1. The highest BCUT2D eigenvalue weighted by Gasteiger charge is 2.33. The fraction of sp³-hybridized carbons (Fsp3) is 0.421. The first kappa shape index (κ1) is 20.6. The molecule has 9 heteroatoms. The van der Waals surface area contributed by atoms with Crippen molar-refractivity contribution < 1.29 is 13.9 Å². The van der Waals surface area contributed by atoms with Crippen molar-refractivity contribution >= 4 is 34.9 Å². The average Bonchev–Trinajstić information content (AvgIpc) is 2.70. The van der Waals surface area contributed by atoms with E-state index in [0.717, 1.165) is 0 Å². The number of carbonyl (C=O) groups excluding carboxylic acids is 1. The second kappa shape index (κ2) is 8.49. The summed E-state index contributed by atoms with van der Waals surface area (Å²) in [5.74, 6) is 1.20. The number of benzene rings is 1. The van der Waals surface area contributed by atoms with Crippen LogP contribution in [0.5, 0.6) is 11.6 Å². The lowest BCUT2D eigenvalue weighted by atomic mass is 9.94. The maximum Gasteiger partial charge on any atom is 0.229 e. The van der Waals surface area contributed by atoms with Crippen LogP contribution in [-0.2, 0) is 4.79 Å².